The van der Waals surface area contributed by atoms with E-state index in [1.54, 1.807) is 11.8 Å². The summed E-state index contributed by atoms with van der Waals surface area (Å²) in [6.07, 6.45) is 2.51. The number of carbonyl (C=O) groups is 2. The molecule has 5 heteroatoms. The highest BCUT2D eigenvalue weighted by Crippen LogP contribution is 2.31. The first kappa shape index (κ1) is 12.4. The Balaban J connectivity index is 1.90. The first-order chi connectivity index (χ1) is 8.03. The van der Waals surface area contributed by atoms with Gasteiger partial charge in [0.25, 0.3) is 5.91 Å². The highest BCUT2D eigenvalue weighted by atomic mass is 16.5. The number of nitrogens with zero attached hydrogens (tertiary/aromatic N) is 1. The Morgan fingerprint density at radius 3 is 2.47 bits per heavy atom. The Labute approximate surface area is 101 Å². The van der Waals surface area contributed by atoms with Crippen LogP contribution in [0.4, 0.5) is 0 Å². The summed E-state index contributed by atoms with van der Waals surface area (Å²) in [6, 6.07) is 0. The van der Waals surface area contributed by atoms with Gasteiger partial charge >= 0.3 is 5.97 Å². The minimum Gasteiger partial charge on any atom is -0.481 e. The predicted octanol–water partition coefficient (Wildman–Crippen LogP) is 0.879. The van der Waals surface area contributed by atoms with Crippen LogP contribution in [-0.4, -0.2) is 47.7 Å². The van der Waals surface area contributed by atoms with Crippen LogP contribution in [0, 0.1) is 5.41 Å². The van der Waals surface area contributed by atoms with Crippen LogP contribution in [0.5, 0.6) is 0 Å². The standard InChI is InChI=1S/C12H19NO4/c1-12(11(15)16)4-6-13(7-5-12)10(14)9-3-2-8-17-9/h9H,2-8H2,1H3,(H,15,16). The van der Waals surface area contributed by atoms with Crippen LogP contribution < -0.4 is 0 Å². The fraction of sp³-hybridized carbons (Fsp3) is 0.833. The van der Waals surface area contributed by atoms with Crippen LogP contribution in [0.1, 0.15) is 32.6 Å². The minimum atomic E-state index is -0.762. The van der Waals surface area contributed by atoms with Crippen molar-refractivity contribution in [3.05, 3.63) is 0 Å². The second-order valence-corrected chi connectivity index (χ2v) is 5.19. The molecule has 0 aromatic carbocycles. The van der Waals surface area contributed by atoms with E-state index in [1.807, 2.05) is 0 Å². The lowest BCUT2D eigenvalue weighted by Gasteiger charge is -2.37. The number of amides is 1. The summed E-state index contributed by atoms with van der Waals surface area (Å²) in [5, 5.41) is 9.11. The summed E-state index contributed by atoms with van der Waals surface area (Å²) < 4.78 is 5.36. The third-order valence-electron chi connectivity index (χ3n) is 3.90. The molecule has 0 saturated carbocycles. The summed E-state index contributed by atoms with van der Waals surface area (Å²) >= 11 is 0. The lowest BCUT2D eigenvalue weighted by atomic mass is 9.80. The Morgan fingerprint density at radius 1 is 1.35 bits per heavy atom. The quantitative estimate of drug-likeness (QED) is 0.779. The first-order valence-electron chi connectivity index (χ1n) is 6.17. The first-order valence-corrected chi connectivity index (χ1v) is 6.17. The molecule has 0 spiro atoms. The molecule has 1 atom stereocenters. The molecule has 0 aromatic rings. The molecule has 1 amide bonds. The van der Waals surface area contributed by atoms with Gasteiger partial charge in [0, 0.05) is 19.7 Å². The highest BCUT2D eigenvalue weighted by molar-refractivity contribution is 5.82. The van der Waals surface area contributed by atoms with Crippen LogP contribution in [0.2, 0.25) is 0 Å². The number of likely N-dealkylation sites (tertiary alicyclic amines) is 1. The average molecular weight is 241 g/mol. The van der Waals surface area contributed by atoms with E-state index in [2.05, 4.69) is 0 Å². The second kappa shape index (κ2) is 4.64. The molecule has 1 N–H and O–H groups in total. The van der Waals surface area contributed by atoms with Crippen molar-refractivity contribution in [3.63, 3.8) is 0 Å². The van der Waals surface area contributed by atoms with Crippen LogP contribution >= 0.6 is 0 Å². The summed E-state index contributed by atoms with van der Waals surface area (Å²) in [6.45, 7) is 3.48. The fourth-order valence-electron chi connectivity index (χ4n) is 2.41. The van der Waals surface area contributed by atoms with Gasteiger partial charge in [0.1, 0.15) is 6.10 Å². The van der Waals surface area contributed by atoms with Gasteiger partial charge < -0.3 is 14.7 Å². The van der Waals surface area contributed by atoms with Gasteiger partial charge in [-0.15, -0.1) is 0 Å². The van der Waals surface area contributed by atoms with Crippen molar-refractivity contribution in [1.29, 1.82) is 0 Å². The molecule has 2 fully saturated rings. The molecular formula is C12H19NO4. The molecule has 96 valence electrons. The zero-order chi connectivity index (χ0) is 12.5. The molecule has 2 heterocycles. The molecule has 0 aliphatic carbocycles. The summed E-state index contributed by atoms with van der Waals surface area (Å²) in [4.78, 5) is 24.9. The van der Waals surface area contributed by atoms with E-state index >= 15 is 0 Å². The maximum atomic E-state index is 12.0. The number of hydrogen-bond acceptors (Lipinski definition) is 3. The van der Waals surface area contributed by atoms with E-state index in [0.717, 1.165) is 12.8 Å². The Kier molecular flexibility index (Phi) is 3.38. The smallest absolute Gasteiger partial charge is 0.309 e. The second-order valence-electron chi connectivity index (χ2n) is 5.19. The van der Waals surface area contributed by atoms with E-state index in [9.17, 15) is 9.59 Å². The maximum absolute atomic E-state index is 12.0. The molecular weight excluding hydrogens is 222 g/mol. The van der Waals surface area contributed by atoms with Gasteiger partial charge in [-0.25, -0.2) is 0 Å². The predicted molar refractivity (Wildman–Crippen MR) is 60.5 cm³/mol. The molecule has 0 aromatic heterocycles. The number of aliphatic carboxylic acids is 1. The third-order valence-corrected chi connectivity index (χ3v) is 3.90. The minimum absolute atomic E-state index is 0.0370. The lowest BCUT2D eigenvalue weighted by molar-refractivity contribution is -0.155. The Hall–Kier alpha value is -1.10. The van der Waals surface area contributed by atoms with E-state index in [-0.39, 0.29) is 12.0 Å². The van der Waals surface area contributed by atoms with Crippen molar-refractivity contribution < 1.29 is 19.4 Å². The fourth-order valence-corrected chi connectivity index (χ4v) is 2.41. The van der Waals surface area contributed by atoms with Crippen molar-refractivity contribution in [2.75, 3.05) is 19.7 Å². The maximum Gasteiger partial charge on any atom is 0.309 e. The van der Waals surface area contributed by atoms with Gasteiger partial charge in [0.15, 0.2) is 0 Å². The van der Waals surface area contributed by atoms with Crippen LogP contribution in [-0.2, 0) is 14.3 Å². The molecule has 0 radical (unpaired) electrons. The monoisotopic (exact) mass is 241 g/mol. The number of hydrogen-bond donors (Lipinski definition) is 1. The molecule has 2 aliphatic heterocycles. The van der Waals surface area contributed by atoms with Gasteiger partial charge in [-0.3, -0.25) is 9.59 Å². The van der Waals surface area contributed by atoms with Gasteiger partial charge in [0.2, 0.25) is 0 Å². The zero-order valence-electron chi connectivity index (χ0n) is 10.1. The van der Waals surface area contributed by atoms with Crippen molar-refractivity contribution in [3.8, 4) is 0 Å². The number of carboxylic acid groups (broad SMARTS) is 1. The SMILES string of the molecule is CC1(C(=O)O)CCN(C(=O)C2CCCO2)CC1. The molecule has 5 nitrogen and oxygen atoms in total. The number of rotatable bonds is 2. The molecule has 17 heavy (non-hydrogen) atoms. The molecule has 0 bridgehead atoms. The van der Waals surface area contributed by atoms with Crippen molar-refractivity contribution in [2.24, 2.45) is 5.41 Å². The van der Waals surface area contributed by atoms with E-state index in [1.165, 1.54) is 0 Å². The van der Waals surface area contributed by atoms with Gasteiger partial charge in [0.05, 0.1) is 5.41 Å². The van der Waals surface area contributed by atoms with Gasteiger partial charge in [-0.05, 0) is 32.6 Å². The summed E-state index contributed by atoms with van der Waals surface area (Å²) in [5.74, 6) is -0.725. The largest absolute Gasteiger partial charge is 0.481 e. The van der Waals surface area contributed by atoms with Gasteiger partial charge in [-0.1, -0.05) is 0 Å². The molecule has 2 aliphatic rings. The third kappa shape index (κ3) is 2.44. The number of carbonyl (C=O) groups excluding carboxylic acids is 1. The Bertz CT molecular complexity index is 314. The van der Waals surface area contributed by atoms with Crippen LogP contribution in [0.25, 0.3) is 0 Å². The lowest BCUT2D eigenvalue weighted by Crippen LogP contribution is -2.48. The normalized spacial score (nSPS) is 28.1. The summed E-state index contributed by atoms with van der Waals surface area (Å²) in [5.41, 5.74) is -0.673. The average Bonchev–Trinajstić information content (AvgIpc) is 2.82. The highest BCUT2D eigenvalue weighted by Gasteiger charge is 2.39. The topological polar surface area (TPSA) is 66.8 Å². The molecule has 1 unspecified atom stereocenters. The van der Waals surface area contributed by atoms with E-state index in [0.29, 0.717) is 32.5 Å². The van der Waals surface area contributed by atoms with Crippen molar-refractivity contribution in [2.45, 2.75) is 38.7 Å². The molecule has 2 saturated heterocycles. The number of carboxylic acids is 1. The number of piperidine rings is 1. The van der Waals surface area contributed by atoms with Crippen LogP contribution in [0.15, 0.2) is 0 Å². The van der Waals surface area contributed by atoms with Crippen molar-refractivity contribution in [1.82, 2.24) is 4.90 Å². The Morgan fingerprint density at radius 2 is 2.00 bits per heavy atom. The number of ether oxygens (including phenoxy) is 1. The van der Waals surface area contributed by atoms with Crippen LogP contribution in [0.3, 0.4) is 0 Å². The summed E-state index contributed by atoms with van der Waals surface area (Å²) in [7, 11) is 0. The zero-order valence-corrected chi connectivity index (χ0v) is 10.1. The molecule has 2 rings (SSSR count). The van der Waals surface area contributed by atoms with E-state index in [4.69, 9.17) is 9.84 Å². The van der Waals surface area contributed by atoms with E-state index < -0.39 is 11.4 Å². The van der Waals surface area contributed by atoms with Crippen molar-refractivity contribution >= 4 is 11.9 Å². The van der Waals surface area contributed by atoms with Gasteiger partial charge in [-0.2, -0.15) is 0 Å².